The van der Waals surface area contributed by atoms with Gasteiger partial charge in [-0.3, -0.25) is 4.98 Å². The SMILES string of the molecule is CCNC(CC)c1ccc(Sc2ccc(Cl)cn2)cn1. The van der Waals surface area contributed by atoms with Crippen molar-refractivity contribution in [1.82, 2.24) is 15.3 Å². The van der Waals surface area contributed by atoms with E-state index in [9.17, 15) is 0 Å². The van der Waals surface area contributed by atoms with Crippen LogP contribution >= 0.6 is 23.4 Å². The van der Waals surface area contributed by atoms with Crippen LogP contribution in [-0.4, -0.2) is 16.5 Å². The topological polar surface area (TPSA) is 37.8 Å². The van der Waals surface area contributed by atoms with Crippen LogP contribution in [0.4, 0.5) is 0 Å². The first-order valence-corrected chi connectivity index (χ1v) is 7.91. The van der Waals surface area contributed by atoms with E-state index in [-0.39, 0.29) is 0 Å². The molecule has 3 nitrogen and oxygen atoms in total. The summed E-state index contributed by atoms with van der Waals surface area (Å²) in [4.78, 5) is 9.89. The molecule has 2 rings (SSSR count). The monoisotopic (exact) mass is 307 g/mol. The van der Waals surface area contributed by atoms with E-state index < -0.39 is 0 Å². The van der Waals surface area contributed by atoms with Crippen molar-refractivity contribution in [1.29, 1.82) is 0 Å². The Kier molecular flexibility index (Phi) is 5.83. The van der Waals surface area contributed by atoms with Crippen molar-refractivity contribution in [2.45, 2.75) is 36.2 Å². The largest absolute Gasteiger partial charge is 0.309 e. The summed E-state index contributed by atoms with van der Waals surface area (Å²) >= 11 is 7.41. The lowest BCUT2D eigenvalue weighted by Crippen LogP contribution is -2.20. The number of aromatic nitrogens is 2. The van der Waals surface area contributed by atoms with Crippen LogP contribution in [0.15, 0.2) is 46.6 Å². The van der Waals surface area contributed by atoms with Crippen LogP contribution in [0.25, 0.3) is 0 Å². The number of hydrogen-bond acceptors (Lipinski definition) is 4. The van der Waals surface area contributed by atoms with Crippen LogP contribution in [-0.2, 0) is 0 Å². The molecule has 2 aromatic heterocycles. The summed E-state index contributed by atoms with van der Waals surface area (Å²) in [5, 5.41) is 5.00. The Bertz CT molecular complexity index is 528. The van der Waals surface area contributed by atoms with Crippen LogP contribution in [0.1, 0.15) is 32.0 Å². The van der Waals surface area contributed by atoms with Gasteiger partial charge in [-0.15, -0.1) is 0 Å². The molecule has 0 aliphatic heterocycles. The third-order valence-corrected chi connectivity index (χ3v) is 4.05. The highest BCUT2D eigenvalue weighted by molar-refractivity contribution is 7.99. The van der Waals surface area contributed by atoms with Gasteiger partial charge in [-0.05, 0) is 37.2 Å². The third-order valence-electron chi connectivity index (χ3n) is 2.90. The van der Waals surface area contributed by atoms with E-state index >= 15 is 0 Å². The predicted octanol–water partition coefficient (Wildman–Crippen LogP) is 4.34. The Labute approximate surface area is 129 Å². The molecule has 0 aliphatic carbocycles. The van der Waals surface area contributed by atoms with Gasteiger partial charge >= 0.3 is 0 Å². The lowest BCUT2D eigenvalue weighted by Gasteiger charge is -2.15. The molecule has 1 unspecified atom stereocenters. The van der Waals surface area contributed by atoms with E-state index in [1.54, 1.807) is 18.0 Å². The Hall–Kier alpha value is -1.10. The average Bonchev–Trinajstić information content (AvgIpc) is 2.48. The second-order valence-electron chi connectivity index (χ2n) is 4.35. The Morgan fingerprint density at radius 2 is 2.00 bits per heavy atom. The number of rotatable bonds is 6. The second kappa shape index (κ2) is 7.62. The predicted molar refractivity (Wildman–Crippen MR) is 84.3 cm³/mol. The molecule has 0 bridgehead atoms. The molecule has 106 valence electrons. The van der Waals surface area contributed by atoms with Crippen molar-refractivity contribution in [2.24, 2.45) is 0 Å². The van der Waals surface area contributed by atoms with Crippen LogP contribution in [0.2, 0.25) is 5.02 Å². The zero-order valence-electron chi connectivity index (χ0n) is 11.6. The summed E-state index contributed by atoms with van der Waals surface area (Å²) in [5.41, 5.74) is 1.09. The number of hydrogen-bond donors (Lipinski definition) is 1. The Balaban J connectivity index is 2.06. The van der Waals surface area contributed by atoms with Crippen molar-refractivity contribution < 1.29 is 0 Å². The highest BCUT2D eigenvalue weighted by Gasteiger charge is 2.09. The van der Waals surface area contributed by atoms with E-state index in [2.05, 4.69) is 41.3 Å². The molecule has 0 aliphatic rings. The minimum Gasteiger partial charge on any atom is -0.309 e. The molecule has 0 aromatic carbocycles. The average molecular weight is 308 g/mol. The van der Waals surface area contributed by atoms with Crippen LogP contribution < -0.4 is 5.32 Å². The van der Waals surface area contributed by atoms with Gasteiger partial charge in [0.1, 0.15) is 5.03 Å². The fourth-order valence-corrected chi connectivity index (χ4v) is 2.74. The molecule has 0 fully saturated rings. The summed E-state index contributed by atoms with van der Waals surface area (Å²) in [7, 11) is 0. The number of halogens is 1. The fourth-order valence-electron chi connectivity index (χ4n) is 1.91. The Morgan fingerprint density at radius 3 is 2.55 bits per heavy atom. The number of nitrogens with zero attached hydrogens (tertiary/aromatic N) is 2. The van der Waals surface area contributed by atoms with Crippen LogP contribution in [0.3, 0.4) is 0 Å². The molecule has 20 heavy (non-hydrogen) atoms. The molecule has 1 N–H and O–H groups in total. The van der Waals surface area contributed by atoms with E-state index in [1.807, 2.05) is 18.3 Å². The van der Waals surface area contributed by atoms with Crippen LogP contribution in [0.5, 0.6) is 0 Å². The zero-order chi connectivity index (χ0) is 14.4. The molecule has 2 heterocycles. The summed E-state index contributed by atoms with van der Waals surface area (Å²) in [5.74, 6) is 0. The molecule has 5 heteroatoms. The first-order chi connectivity index (χ1) is 9.72. The molecular formula is C15H18ClN3S. The number of pyridine rings is 2. The Morgan fingerprint density at radius 1 is 1.15 bits per heavy atom. The van der Waals surface area contributed by atoms with Gasteiger partial charge in [0, 0.05) is 23.3 Å². The first-order valence-electron chi connectivity index (χ1n) is 6.71. The quantitative estimate of drug-likeness (QED) is 0.861. The van der Waals surface area contributed by atoms with Crippen molar-refractivity contribution in [3.8, 4) is 0 Å². The lowest BCUT2D eigenvalue weighted by atomic mass is 10.1. The molecular weight excluding hydrogens is 290 g/mol. The van der Waals surface area contributed by atoms with Gasteiger partial charge in [-0.1, -0.05) is 37.2 Å². The van der Waals surface area contributed by atoms with Crippen molar-refractivity contribution in [3.63, 3.8) is 0 Å². The second-order valence-corrected chi connectivity index (χ2v) is 5.88. The van der Waals surface area contributed by atoms with E-state index in [1.165, 1.54) is 0 Å². The van der Waals surface area contributed by atoms with Crippen molar-refractivity contribution in [3.05, 3.63) is 47.4 Å². The molecule has 0 spiro atoms. The summed E-state index contributed by atoms with van der Waals surface area (Å²) < 4.78 is 0. The lowest BCUT2D eigenvalue weighted by molar-refractivity contribution is 0.524. The van der Waals surface area contributed by atoms with Crippen molar-refractivity contribution >= 4 is 23.4 Å². The van der Waals surface area contributed by atoms with Gasteiger partial charge in [-0.2, -0.15) is 0 Å². The maximum Gasteiger partial charge on any atom is 0.101 e. The van der Waals surface area contributed by atoms with Gasteiger partial charge < -0.3 is 5.32 Å². The maximum atomic E-state index is 5.82. The maximum absolute atomic E-state index is 5.82. The van der Waals surface area contributed by atoms with Gasteiger partial charge in [0.2, 0.25) is 0 Å². The summed E-state index contributed by atoms with van der Waals surface area (Å²) in [6.07, 6.45) is 4.59. The van der Waals surface area contributed by atoms with E-state index in [4.69, 9.17) is 11.6 Å². The highest BCUT2D eigenvalue weighted by Crippen LogP contribution is 2.27. The van der Waals surface area contributed by atoms with Crippen molar-refractivity contribution in [2.75, 3.05) is 6.54 Å². The molecule has 2 aromatic rings. The smallest absolute Gasteiger partial charge is 0.101 e. The van der Waals surface area contributed by atoms with E-state index in [0.717, 1.165) is 28.6 Å². The zero-order valence-corrected chi connectivity index (χ0v) is 13.2. The first kappa shape index (κ1) is 15.3. The summed E-state index contributed by atoms with van der Waals surface area (Å²) in [6.45, 7) is 5.22. The highest BCUT2D eigenvalue weighted by atomic mass is 35.5. The standard InChI is InChI=1S/C15H18ClN3S/c1-3-13(17-4-2)14-7-6-12(10-18-14)20-15-8-5-11(16)9-19-15/h5-10,13,17H,3-4H2,1-2H3. The van der Waals surface area contributed by atoms with Crippen LogP contribution in [0, 0.1) is 0 Å². The third kappa shape index (κ3) is 4.20. The molecule has 1 atom stereocenters. The molecule has 0 saturated carbocycles. The van der Waals surface area contributed by atoms with Gasteiger partial charge in [0.15, 0.2) is 0 Å². The minimum absolute atomic E-state index is 0.327. The molecule has 0 saturated heterocycles. The summed E-state index contributed by atoms with van der Waals surface area (Å²) in [6, 6.07) is 8.25. The molecule has 0 amide bonds. The van der Waals surface area contributed by atoms with Gasteiger partial charge in [0.05, 0.1) is 10.7 Å². The normalized spacial score (nSPS) is 12.3. The molecule has 0 radical (unpaired) electrons. The van der Waals surface area contributed by atoms with E-state index in [0.29, 0.717) is 11.1 Å². The number of nitrogens with one attached hydrogen (secondary N) is 1. The minimum atomic E-state index is 0.327. The van der Waals surface area contributed by atoms with Gasteiger partial charge in [-0.25, -0.2) is 4.98 Å². The fraction of sp³-hybridized carbons (Fsp3) is 0.333. The van der Waals surface area contributed by atoms with Gasteiger partial charge in [0.25, 0.3) is 0 Å².